The van der Waals surface area contributed by atoms with Crippen LogP contribution in [0.5, 0.6) is 0 Å². The lowest BCUT2D eigenvalue weighted by Gasteiger charge is -2.25. The summed E-state index contributed by atoms with van der Waals surface area (Å²) in [6, 6.07) is 0. The van der Waals surface area contributed by atoms with Crippen LogP contribution in [0.4, 0.5) is 0 Å². The molecule has 0 unspecified atom stereocenters. The molecule has 0 saturated heterocycles. The minimum Gasteiger partial charge on any atom is -0.0999 e. The van der Waals surface area contributed by atoms with E-state index in [4.69, 9.17) is 0 Å². The van der Waals surface area contributed by atoms with Crippen LogP contribution in [0.3, 0.4) is 0 Å². The van der Waals surface area contributed by atoms with E-state index in [1.165, 1.54) is 63.4 Å². The lowest BCUT2D eigenvalue weighted by Crippen LogP contribution is -2.11. The van der Waals surface area contributed by atoms with E-state index in [1.807, 2.05) is 0 Å². The fourth-order valence-electron chi connectivity index (χ4n) is 3.04. The highest BCUT2D eigenvalue weighted by Crippen LogP contribution is 2.36. The topological polar surface area (TPSA) is 0 Å². The Hall–Kier alpha value is -0.260. The zero-order valence-electron chi connectivity index (χ0n) is 8.73. The summed E-state index contributed by atoms with van der Waals surface area (Å²) < 4.78 is 0. The second kappa shape index (κ2) is 4.30. The molecule has 0 radical (unpaired) electrons. The van der Waals surface area contributed by atoms with Gasteiger partial charge in [-0.15, -0.1) is 0 Å². The van der Waals surface area contributed by atoms with Gasteiger partial charge in [0.05, 0.1) is 0 Å². The molecule has 2 rings (SSSR count). The molecular formula is C13H22. The van der Waals surface area contributed by atoms with E-state index in [0.717, 1.165) is 11.8 Å². The first kappa shape index (κ1) is 9.30. The minimum atomic E-state index is 1.05. The van der Waals surface area contributed by atoms with Crippen molar-refractivity contribution in [2.24, 2.45) is 11.8 Å². The summed E-state index contributed by atoms with van der Waals surface area (Å²) in [6.07, 6.45) is 13.1. The molecule has 2 saturated carbocycles. The van der Waals surface area contributed by atoms with Gasteiger partial charge >= 0.3 is 0 Å². The van der Waals surface area contributed by atoms with Gasteiger partial charge in [0.1, 0.15) is 0 Å². The predicted octanol–water partition coefficient (Wildman–Crippen LogP) is 4.31. The molecule has 2 aliphatic rings. The van der Waals surface area contributed by atoms with Crippen LogP contribution in [0.2, 0.25) is 0 Å². The summed E-state index contributed by atoms with van der Waals surface area (Å²) >= 11 is 0. The third-order valence-corrected chi connectivity index (χ3v) is 3.95. The van der Waals surface area contributed by atoms with Gasteiger partial charge in [-0.25, -0.2) is 0 Å². The molecule has 0 bridgehead atoms. The average Bonchev–Trinajstić information content (AvgIpc) is 2.62. The minimum absolute atomic E-state index is 1.05. The largest absolute Gasteiger partial charge is 0.0999 e. The lowest BCUT2D eigenvalue weighted by molar-refractivity contribution is 0.318. The highest BCUT2D eigenvalue weighted by atomic mass is 14.3. The molecule has 0 heteroatoms. The van der Waals surface area contributed by atoms with Crippen molar-refractivity contribution in [2.45, 2.75) is 57.8 Å². The van der Waals surface area contributed by atoms with Crippen molar-refractivity contribution in [1.82, 2.24) is 0 Å². The maximum Gasteiger partial charge on any atom is -0.0320 e. The summed E-state index contributed by atoms with van der Waals surface area (Å²) in [6.45, 7) is 4.08. The van der Waals surface area contributed by atoms with Crippen molar-refractivity contribution in [1.29, 1.82) is 0 Å². The summed E-state index contributed by atoms with van der Waals surface area (Å²) in [5, 5.41) is 0. The van der Waals surface area contributed by atoms with Crippen molar-refractivity contribution >= 4 is 0 Å². The lowest BCUT2D eigenvalue weighted by atomic mass is 9.81. The van der Waals surface area contributed by atoms with Gasteiger partial charge < -0.3 is 0 Å². The zero-order valence-corrected chi connectivity index (χ0v) is 8.73. The number of allylic oxidation sites excluding steroid dienone is 1. The van der Waals surface area contributed by atoms with Crippen LogP contribution in [0.1, 0.15) is 57.8 Å². The predicted molar refractivity (Wildman–Crippen MR) is 57.7 cm³/mol. The van der Waals surface area contributed by atoms with Gasteiger partial charge in [-0.3, -0.25) is 0 Å². The Morgan fingerprint density at radius 2 is 1.46 bits per heavy atom. The van der Waals surface area contributed by atoms with Crippen LogP contribution in [0, 0.1) is 11.8 Å². The molecule has 0 aromatic carbocycles. The summed E-state index contributed by atoms with van der Waals surface area (Å²) in [4.78, 5) is 0. The van der Waals surface area contributed by atoms with Crippen molar-refractivity contribution in [2.75, 3.05) is 0 Å². The Morgan fingerprint density at radius 3 is 2.08 bits per heavy atom. The monoisotopic (exact) mass is 178 g/mol. The second-order valence-corrected chi connectivity index (χ2v) is 5.08. The Labute approximate surface area is 82.4 Å². The maximum absolute atomic E-state index is 4.08. The molecule has 13 heavy (non-hydrogen) atoms. The van der Waals surface area contributed by atoms with E-state index in [1.54, 1.807) is 0 Å². The second-order valence-electron chi connectivity index (χ2n) is 5.08. The molecule has 0 heterocycles. The van der Waals surface area contributed by atoms with Gasteiger partial charge in [0.2, 0.25) is 0 Å². The standard InChI is InChI=1S/C13H22/c1-11-6-8-13(9-7-11)10-12-4-2-3-5-12/h12-13H,1-10H2. The summed E-state index contributed by atoms with van der Waals surface area (Å²) in [7, 11) is 0. The van der Waals surface area contributed by atoms with E-state index in [-0.39, 0.29) is 0 Å². The van der Waals surface area contributed by atoms with Gasteiger partial charge in [-0.2, -0.15) is 0 Å². The quantitative estimate of drug-likeness (QED) is 0.553. The fourth-order valence-corrected chi connectivity index (χ4v) is 3.04. The van der Waals surface area contributed by atoms with Crippen molar-refractivity contribution in [3.8, 4) is 0 Å². The van der Waals surface area contributed by atoms with Crippen LogP contribution >= 0.6 is 0 Å². The first-order chi connectivity index (χ1) is 6.34. The maximum atomic E-state index is 4.08. The molecule has 0 nitrogen and oxygen atoms in total. The summed E-state index contributed by atoms with van der Waals surface area (Å²) in [5.41, 5.74) is 1.50. The van der Waals surface area contributed by atoms with E-state index in [9.17, 15) is 0 Å². The Morgan fingerprint density at radius 1 is 0.923 bits per heavy atom. The third kappa shape index (κ3) is 2.59. The van der Waals surface area contributed by atoms with Crippen molar-refractivity contribution in [3.63, 3.8) is 0 Å². The zero-order chi connectivity index (χ0) is 9.10. The normalized spacial score (nSPS) is 26.9. The van der Waals surface area contributed by atoms with Crippen LogP contribution in [0.25, 0.3) is 0 Å². The van der Waals surface area contributed by atoms with Gasteiger partial charge in [-0.1, -0.05) is 37.8 Å². The Bertz CT molecular complexity index is 164. The van der Waals surface area contributed by atoms with Crippen LogP contribution in [-0.2, 0) is 0 Å². The molecule has 0 aromatic heterocycles. The van der Waals surface area contributed by atoms with Crippen LogP contribution < -0.4 is 0 Å². The highest BCUT2D eigenvalue weighted by Gasteiger charge is 2.22. The van der Waals surface area contributed by atoms with Crippen molar-refractivity contribution in [3.05, 3.63) is 12.2 Å². The van der Waals surface area contributed by atoms with Crippen LogP contribution in [-0.4, -0.2) is 0 Å². The molecule has 74 valence electrons. The van der Waals surface area contributed by atoms with Gasteiger partial charge in [-0.05, 0) is 43.9 Å². The van der Waals surface area contributed by atoms with E-state index in [2.05, 4.69) is 6.58 Å². The first-order valence-corrected chi connectivity index (χ1v) is 6.01. The van der Waals surface area contributed by atoms with Crippen LogP contribution in [0.15, 0.2) is 12.2 Å². The molecular weight excluding hydrogens is 156 g/mol. The fraction of sp³-hybridized carbons (Fsp3) is 0.846. The smallest absolute Gasteiger partial charge is 0.0320 e. The van der Waals surface area contributed by atoms with E-state index in [0.29, 0.717) is 0 Å². The van der Waals surface area contributed by atoms with Gasteiger partial charge in [0.15, 0.2) is 0 Å². The Kier molecular flexibility index (Phi) is 3.08. The molecule has 0 atom stereocenters. The van der Waals surface area contributed by atoms with E-state index < -0.39 is 0 Å². The molecule has 0 aliphatic heterocycles. The number of hydrogen-bond acceptors (Lipinski definition) is 0. The molecule has 0 aromatic rings. The summed E-state index contributed by atoms with van der Waals surface area (Å²) in [5.74, 6) is 2.14. The highest BCUT2D eigenvalue weighted by molar-refractivity contribution is 4.98. The molecule has 0 spiro atoms. The molecule has 2 fully saturated rings. The Balaban J connectivity index is 1.72. The van der Waals surface area contributed by atoms with Gasteiger partial charge in [0.25, 0.3) is 0 Å². The average molecular weight is 178 g/mol. The first-order valence-electron chi connectivity index (χ1n) is 6.01. The SMILES string of the molecule is C=C1CCC(CC2CCCC2)CC1. The number of rotatable bonds is 2. The molecule has 0 amide bonds. The van der Waals surface area contributed by atoms with E-state index >= 15 is 0 Å². The third-order valence-electron chi connectivity index (χ3n) is 3.95. The number of hydrogen-bond donors (Lipinski definition) is 0. The van der Waals surface area contributed by atoms with Gasteiger partial charge in [0, 0.05) is 0 Å². The van der Waals surface area contributed by atoms with Crippen molar-refractivity contribution < 1.29 is 0 Å². The molecule has 0 N–H and O–H groups in total. The molecule has 2 aliphatic carbocycles.